The van der Waals surface area contributed by atoms with Crippen LogP contribution in [0.1, 0.15) is 22.3 Å². The summed E-state index contributed by atoms with van der Waals surface area (Å²) >= 11 is 0. The molecule has 1 saturated heterocycles. The molecule has 43 heavy (non-hydrogen) atoms. The molecule has 3 aromatic rings. The number of halogens is 3. The van der Waals surface area contributed by atoms with E-state index in [0.29, 0.717) is 59.8 Å². The average Bonchev–Trinajstić information content (AvgIpc) is 3.18. The highest BCUT2D eigenvalue weighted by Crippen LogP contribution is 2.34. The monoisotopic (exact) mass is 594 g/mol. The van der Waals surface area contributed by atoms with E-state index in [1.807, 2.05) is 4.90 Å². The predicted molar refractivity (Wildman–Crippen MR) is 159 cm³/mol. The van der Waals surface area contributed by atoms with E-state index in [2.05, 4.69) is 20.6 Å². The lowest BCUT2D eigenvalue weighted by atomic mass is 10.1. The number of carboxylic acid groups (broad SMARTS) is 1. The summed E-state index contributed by atoms with van der Waals surface area (Å²) in [6.07, 6.45) is 2.06. The molecule has 0 bridgehead atoms. The maximum absolute atomic E-state index is 13.7. The van der Waals surface area contributed by atoms with Crippen LogP contribution in [0.25, 0.3) is 11.0 Å². The number of nitrogens with one attached hydrogen (secondary N) is 4. The number of amides is 1. The molecule has 2 heterocycles. The molecule has 7 N–H and O–H groups in total. The summed E-state index contributed by atoms with van der Waals surface area (Å²) in [5.74, 6) is -1.32. The van der Waals surface area contributed by atoms with Crippen molar-refractivity contribution in [1.82, 2.24) is 14.9 Å². The molecule has 0 unspecified atom stereocenters. The van der Waals surface area contributed by atoms with Gasteiger partial charge in [-0.15, -0.1) is 0 Å². The predicted octanol–water partition coefficient (Wildman–Crippen LogP) is 4.35. The van der Waals surface area contributed by atoms with Crippen molar-refractivity contribution in [1.29, 1.82) is 5.41 Å². The summed E-state index contributed by atoms with van der Waals surface area (Å²) in [7, 11) is 0. The summed E-state index contributed by atoms with van der Waals surface area (Å²) in [6, 6.07) is 8.05. The summed E-state index contributed by atoms with van der Waals surface area (Å²) in [4.78, 5) is 36.0. The number of aromatic amines is 1. The standard InChI is InChI=1S/C29H29F3N8O3/c30-29(31,32)20-4-2-1-3-5-22(20)36-28-37-23-13-19(27(43)35-18-7-6-17(15-33)21(34)12-18)25(14-24(23)38-28)40-10-8-39(9-11-40)16-26(41)42/h1-3,5-7,12-15,33H,4,8-11,16,34H2,(H,35,43)(H,41,42)(H2,36,37,38). The molecule has 1 fully saturated rings. The number of H-pyrrole nitrogens is 1. The first-order valence-electron chi connectivity index (χ1n) is 13.4. The number of aliphatic carboxylic acids is 1. The zero-order chi connectivity index (χ0) is 30.7. The Morgan fingerprint density at radius 3 is 2.58 bits per heavy atom. The number of allylic oxidation sites excluding steroid dienone is 5. The number of imidazole rings is 1. The van der Waals surface area contributed by atoms with Crippen molar-refractivity contribution in [2.24, 2.45) is 0 Å². The van der Waals surface area contributed by atoms with Crippen LogP contribution in [0.15, 0.2) is 65.9 Å². The fourth-order valence-electron chi connectivity index (χ4n) is 5.01. The van der Waals surface area contributed by atoms with Gasteiger partial charge in [0.1, 0.15) is 0 Å². The molecule has 0 radical (unpaired) electrons. The number of benzene rings is 2. The van der Waals surface area contributed by atoms with Crippen molar-refractivity contribution in [3.8, 4) is 0 Å². The second kappa shape index (κ2) is 12.0. The zero-order valence-corrected chi connectivity index (χ0v) is 22.8. The van der Waals surface area contributed by atoms with E-state index in [4.69, 9.17) is 16.2 Å². The van der Waals surface area contributed by atoms with Crippen LogP contribution in [-0.2, 0) is 4.79 Å². The van der Waals surface area contributed by atoms with Crippen LogP contribution >= 0.6 is 0 Å². The van der Waals surface area contributed by atoms with Crippen LogP contribution in [0.5, 0.6) is 0 Å². The molecule has 224 valence electrons. The number of carboxylic acids is 1. The fraction of sp³-hybridized carbons (Fsp3) is 0.241. The van der Waals surface area contributed by atoms with E-state index in [9.17, 15) is 22.8 Å². The Hall–Kier alpha value is -5.11. The zero-order valence-electron chi connectivity index (χ0n) is 22.8. The highest BCUT2D eigenvalue weighted by Gasteiger charge is 2.35. The Morgan fingerprint density at radius 2 is 1.91 bits per heavy atom. The van der Waals surface area contributed by atoms with Gasteiger partial charge in [0, 0.05) is 55.0 Å². The maximum atomic E-state index is 13.7. The van der Waals surface area contributed by atoms with Gasteiger partial charge in [-0.1, -0.05) is 18.2 Å². The third-order valence-electron chi connectivity index (χ3n) is 7.17. The normalized spacial score (nSPS) is 15.9. The minimum atomic E-state index is -4.55. The Morgan fingerprint density at radius 1 is 1.14 bits per heavy atom. The van der Waals surface area contributed by atoms with Crippen LogP contribution < -0.4 is 21.3 Å². The highest BCUT2D eigenvalue weighted by atomic mass is 19.4. The van der Waals surface area contributed by atoms with Crippen molar-refractivity contribution in [3.05, 3.63) is 77.0 Å². The van der Waals surface area contributed by atoms with Gasteiger partial charge in [0.25, 0.3) is 5.91 Å². The third-order valence-corrected chi connectivity index (χ3v) is 7.17. The number of anilines is 4. The Bertz CT molecular complexity index is 1670. The molecule has 0 atom stereocenters. The number of hydrogen-bond donors (Lipinski definition) is 6. The molecular formula is C29H29F3N8O3. The van der Waals surface area contributed by atoms with Crippen LogP contribution in [0.4, 0.5) is 36.2 Å². The molecule has 1 aliphatic carbocycles. The number of fused-ring (bicyclic) bond motifs is 1. The number of nitrogens with zero attached hydrogens (tertiary/aromatic N) is 3. The van der Waals surface area contributed by atoms with E-state index < -0.39 is 23.6 Å². The average molecular weight is 595 g/mol. The van der Waals surface area contributed by atoms with E-state index in [0.717, 1.165) is 6.21 Å². The number of piperazine rings is 1. The lowest BCUT2D eigenvalue weighted by molar-refractivity contribution is -0.138. The molecule has 1 aromatic heterocycles. The summed E-state index contributed by atoms with van der Waals surface area (Å²) in [5, 5.41) is 22.2. The smallest absolute Gasteiger partial charge is 0.414 e. The van der Waals surface area contributed by atoms with Gasteiger partial charge >= 0.3 is 12.1 Å². The van der Waals surface area contributed by atoms with Gasteiger partial charge in [0.05, 0.1) is 34.4 Å². The molecule has 2 aromatic carbocycles. The van der Waals surface area contributed by atoms with Crippen molar-refractivity contribution >= 4 is 52.1 Å². The second-order valence-corrected chi connectivity index (χ2v) is 10.1. The summed E-state index contributed by atoms with van der Waals surface area (Å²) < 4.78 is 41.2. The van der Waals surface area contributed by atoms with Crippen molar-refractivity contribution in [3.63, 3.8) is 0 Å². The van der Waals surface area contributed by atoms with Gasteiger partial charge in [-0.2, -0.15) is 13.2 Å². The molecule has 1 amide bonds. The molecule has 0 spiro atoms. The lowest BCUT2D eigenvalue weighted by Gasteiger charge is -2.36. The second-order valence-electron chi connectivity index (χ2n) is 10.1. The molecule has 1 aliphatic heterocycles. The SMILES string of the molecule is N=Cc1ccc(NC(=O)c2cc3[nH]c(NC4=C(C(F)(F)F)CC=CC=C4)nc3cc2N2CCN(CC(=O)O)CC2)cc1N. The highest BCUT2D eigenvalue weighted by molar-refractivity contribution is 6.10. The summed E-state index contributed by atoms with van der Waals surface area (Å²) in [5.41, 5.74) is 7.98. The van der Waals surface area contributed by atoms with Crippen LogP contribution in [-0.4, -0.2) is 77.0 Å². The van der Waals surface area contributed by atoms with Gasteiger partial charge < -0.3 is 36.8 Å². The van der Waals surface area contributed by atoms with Crippen molar-refractivity contribution in [2.75, 3.05) is 54.0 Å². The van der Waals surface area contributed by atoms with Crippen LogP contribution in [0.2, 0.25) is 0 Å². The first-order valence-corrected chi connectivity index (χ1v) is 13.4. The van der Waals surface area contributed by atoms with Crippen molar-refractivity contribution < 1.29 is 27.9 Å². The van der Waals surface area contributed by atoms with Gasteiger partial charge in [-0.25, -0.2) is 4.98 Å². The molecule has 14 heteroatoms. The Balaban J connectivity index is 1.50. The molecule has 0 saturated carbocycles. The van der Waals surface area contributed by atoms with Crippen LogP contribution in [0, 0.1) is 5.41 Å². The van der Waals surface area contributed by atoms with Gasteiger partial charge in [-0.3, -0.25) is 14.5 Å². The van der Waals surface area contributed by atoms with E-state index in [-0.39, 0.29) is 30.2 Å². The third kappa shape index (κ3) is 6.70. The largest absolute Gasteiger partial charge is 0.480 e. The van der Waals surface area contributed by atoms with E-state index in [1.54, 1.807) is 41.3 Å². The molecular weight excluding hydrogens is 565 g/mol. The Labute approximate surface area is 244 Å². The Kier molecular flexibility index (Phi) is 8.21. The number of rotatable bonds is 8. The number of nitrogen functional groups attached to an aromatic ring is 1. The minimum absolute atomic E-state index is 0.0723. The molecule has 5 rings (SSSR count). The number of carbonyl (C=O) groups excluding carboxylic acids is 1. The van der Waals surface area contributed by atoms with Gasteiger partial charge in [0.2, 0.25) is 5.95 Å². The van der Waals surface area contributed by atoms with Crippen LogP contribution in [0.3, 0.4) is 0 Å². The van der Waals surface area contributed by atoms with Gasteiger partial charge in [-0.05, 0) is 42.8 Å². The van der Waals surface area contributed by atoms with E-state index in [1.165, 1.54) is 18.2 Å². The summed E-state index contributed by atoms with van der Waals surface area (Å²) in [6.45, 7) is 1.69. The molecule has 11 nitrogen and oxygen atoms in total. The molecule has 2 aliphatic rings. The maximum Gasteiger partial charge on any atom is 0.414 e. The number of nitrogens with two attached hydrogens (primary N) is 1. The number of alkyl halides is 3. The van der Waals surface area contributed by atoms with Gasteiger partial charge in [0.15, 0.2) is 0 Å². The topological polar surface area (TPSA) is 163 Å². The quantitative estimate of drug-likeness (QED) is 0.166. The number of hydrogen-bond acceptors (Lipinski definition) is 8. The number of carbonyl (C=O) groups is 2. The van der Waals surface area contributed by atoms with E-state index >= 15 is 0 Å². The lowest BCUT2D eigenvalue weighted by Crippen LogP contribution is -2.48. The first-order chi connectivity index (χ1) is 20.5. The number of aromatic nitrogens is 2. The fourth-order valence-corrected chi connectivity index (χ4v) is 5.01. The minimum Gasteiger partial charge on any atom is -0.480 e. The van der Waals surface area contributed by atoms with Crippen molar-refractivity contribution in [2.45, 2.75) is 12.6 Å². The first kappa shape index (κ1) is 29.4.